The molecule has 290 valence electrons. The summed E-state index contributed by atoms with van der Waals surface area (Å²) in [5, 5.41) is 0. The Kier molecular flexibility index (Phi) is 12.6. The molecule has 8 aliphatic rings. The van der Waals surface area contributed by atoms with Gasteiger partial charge in [-0.25, -0.2) is 0 Å². The summed E-state index contributed by atoms with van der Waals surface area (Å²) < 4.78 is 43.4. The molecule has 0 aromatic heterocycles. The van der Waals surface area contributed by atoms with Crippen LogP contribution in [0.25, 0.3) is 0 Å². The third-order valence-corrected chi connectivity index (χ3v) is 12.5. The van der Waals surface area contributed by atoms with E-state index >= 15 is 0 Å². The number of hydrogen-bond acceptors (Lipinski definition) is 12. The lowest BCUT2D eigenvalue weighted by Gasteiger charge is -2.24. The van der Waals surface area contributed by atoms with E-state index in [1.54, 1.807) is 12.2 Å². The molecule has 8 fully saturated rings. The first kappa shape index (κ1) is 37.8. The van der Waals surface area contributed by atoms with E-state index in [0.717, 1.165) is 89.9 Å². The predicted octanol–water partition coefficient (Wildman–Crippen LogP) is 5.02. The van der Waals surface area contributed by atoms with Crippen molar-refractivity contribution in [3.63, 3.8) is 0 Å². The first-order valence-electron chi connectivity index (χ1n) is 20.2. The highest BCUT2D eigenvalue weighted by molar-refractivity contribution is 5.74. The summed E-state index contributed by atoms with van der Waals surface area (Å²) in [6.07, 6.45) is 18.9. The van der Waals surface area contributed by atoms with Crippen LogP contribution in [-0.2, 0) is 57.1 Å². The van der Waals surface area contributed by atoms with E-state index in [9.17, 15) is 19.2 Å². The van der Waals surface area contributed by atoms with Crippen LogP contribution in [0.15, 0.2) is 12.2 Å². The molecule has 4 saturated carbocycles. The average molecular weight is 731 g/mol. The van der Waals surface area contributed by atoms with Crippen molar-refractivity contribution in [1.82, 2.24) is 0 Å². The summed E-state index contributed by atoms with van der Waals surface area (Å²) in [6, 6.07) is 0. The average Bonchev–Trinajstić information content (AvgIpc) is 3.95. The molecule has 0 radical (unpaired) electrons. The van der Waals surface area contributed by atoms with Gasteiger partial charge in [-0.15, -0.1) is 0 Å². The molecule has 8 rings (SSSR count). The number of unbranched alkanes of at least 4 members (excludes halogenated alkanes) is 3. The molecule has 12 nitrogen and oxygen atoms in total. The van der Waals surface area contributed by atoms with Gasteiger partial charge in [-0.3, -0.25) is 19.2 Å². The van der Waals surface area contributed by atoms with E-state index in [1.807, 2.05) is 0 Å². The minimum absolute atomic E-state index is 0.0364. The molecule has 0 bridgehead atoms. The van der Waals surface area contributed by atoms with E-state index in [2.05, 4.69) is 13.8 Å². The van der Waals surface area contributed by atoms with Crippen LogP contribution in [0.5, 0.6) is 0 Å². The smallest absolute Gasteiger partial charge is 0.309 e. The number of fused-ring (bicyclic) bond motifs is 4. The summed E-state index contributed by atoms with van der Waals surface area (Å²) in [7, 11) is 0. The minimum atomic E-state index is -0.150. The Morgan fingerprint density at radius 1 is 0.462 bits per heavy atom. The first-order chi connectivity index (χ1) is 25.2. The predicted molar refractivity (Wildman–Crippen MR) is 185 cm³/mol. The molecule has 0 aromatic rings. The van der Waals surface area contributed by atoms with E-state index in [-0.39, 0.29) is 73.0 Å². The van der Waals surface area contributed by atoms with Gasteiger partial charge in [0.15, 0.2) is 0 Å². The number of ether oxygens (including phenoxy) is 8. The van der Waals surface area contributed by atoms with Crippen molar-refractivity contribution in [1.29, 1.82) is 0 Å². The standard InChI is InChI=1S/C20H28O6.C20H30O6/c1-11-7-15-17(25-15)9-13(11)19(21)23-5-3-4-6-24-20(22)14-10-18-16(26-18)8-12(14)2;21-19(13-5-7-15-17(11-13)25-15)23-9-3-1-2-4-10-24-20(22)14-6-8-16-18(12-14)26-16/h3-4,11-18H,5-10H2,1-2H3;13-18H,1-12H2. The van der Waals surface area contributed by atoms with Crippen LogP contribution < -0.4 is 0 Å². The number of epoxide rings is 4. The van der Waals surface area contributed by atoms with Gasteiger partial charge >= 0.3 is 23.9 Å². The minimum Gasteiger partial charge on any atom is -0.465 e. The summed E-state index contributed by atoms with van der Waals surface area (Å²) in [6.45, 7) is 5.59. The van der Waals surface area contributed by atoms with Crippen molar-refractivity contribution >= 4 is 23.9 Å². The Morgan fingerprint density at radius 3 is 1.27 bits per heavy atom. The Hall–Kier alpha value is -2.54. The fourth-order valence-electron chi connectivity index (χ4n) is 8.86. The van der Waals surface area contributed by atoms with Crippen LogP contribution in [0.1, 0.15) is 104 Å². The highest BCUT2D eigenvalue weighted by atomic mass is 16.6. The molecule has 14 atom stereocenters. The largest absolute Gasteiger partial charge is 0.465 e. The van der Waals surface area contributed by atoms with Crippen LogP contribution in [0, 0.1) is 35.5 Å². The lowest BCUT2D eigenvalue weighted by molar-refractivity contribution is -0.151. The van der Waals surface area contributed by atoms with E-state index in [0.29, 0.717) is 61.7 Å². The monoisotopic (exact) mass is 730 g/mol. The molecular weight excluding hydrogens is 672 g/mol. The van der Waals surface area contributed by atoms with Gasteiger partial charge in [-0.05, 0) is 114 Å². The van der Waals surface area contributed by atoms with E-state index < -0.39 is 0 Å². The zero-order valence-corrected chi connectivity index (χ0v) is 30.9. The maximum Gasteiger partial charge on any atom is 0.309 e. The second-order valence-corrected chi connectivity index (χ2v) is 16.5. The van der Waals surface area contributed by atoms with Gasteiger partial charge in [0.05, 0.1) is 85.7 Å². The summed E-state index contributed by atoms with van der Waals surface area (Å²) in [5.74, 6) is 0.157. The third kappa shape index (κ3) is 10.4. The summed E-state index contributed by atoms with van der Waals surface area (Å²) >= 11 is 0. The van der Waals surface area contributed by atoms with Gasteiger partial charge in [0.1, 0.15) is 13.2 Å². The quantitative estimate of drug-likeness (QED) is 0.0730. The third-order valence-electron chi connectivity index (χ3n) is 12.5. The van der Waals surface area contributed by atoms with Gasteiger partial charge in [-0.1, -0.05) is 13.8 Å². The molecule has 0 N–H and O–H groups in total. The molecule has 0 aromatic carbocycles. The fourth-order valence-corrected chi connectivity index (χ4v) is 8.86. The number of rotatable bonds is 15. The number of esters is 4. The van der Waals surface area contributed by atoms with Crippen LogP contribution in [0.2, 0.25) is 0 Å². The Morgan fingerprint density at radius 2 is 0.846 bits per heavy atom. The number of carbonyl (C=O) groups is 4. The van der Waals surface area contributed by atoms with Gasteiger partial charge < -0.3 is 37.9 Å². The molecule has 0 spiro atoms. The van der Waals surface area contributed by atoms with Crippen LogP contribution in [0.4, 0.5) is 0 Å². The lowest BCUT2D eigenvalue weighted by atomic mass is 9.80. The van der Waals surface area contributed by atoms with Gasteiger partial charge in [0.25, 0.3) is 0 Å². The zero-order chi connectivity index (χ0) is 36.2. The molecule has 4 aliphatic carbocycles. The summed E-state index contributed by atoms with van der Waals surface area (Å²) in [5.41, 5.74) is 0. The van der Waals surface area contributed by atoms with E-state index in [1.165, 1.54) is 0 Å². The molecular formula is C40H58O12. The highest BCUT2D eigenvalue weighted by Gasteiger charge is 2.51. The first-order valence-corrected chi connectivity index (χ1v) is 20.2. The molecule has 12 heteroatoms. The molecule has 4 aliphatic heterocycles. The van der Waals surface area contributed by atoms with E-state index in [4.69, 9.17) is 37.9 Å². The number of hydrogen-bond donors (Lipinski definition) is 0. The molecule has 52 heavy (non-hydrogen) atoms. The highest BCUT2D eigenvalue weighted by Crippen LogP contribution is 2.44. The lowest BCUT2D eigenvalue weighted by Crippen LogP contribution is -2.30. The van der Waals surface area contributed by atoms with Crippen molar-refractivity contribution < 1.29 is 57.1 Å². The number of carbonyl (C=O) groups excluding carboxylic acids is 4. The Bertz CT molecular complexity index is 1200. The molecule has 0 amide bonds. The van der Waals surface area contributed by atoms with Crippen molar-refractivity contribution in [2.24, 2.45) is 35.5 Å². The zero-order valence-electron chi connectivity index (χ0n) is 30.9. The van der Waals surface area contributed by atoms with Crippen LogP contribution >= 0.6 is 0 Å². The molecule has 4 saturated heterocycles. The van der Waals surface area contributed by atoms with Gasteiger partial charge in [0.2, 0.25) is 0 Å². The van der Waals surface area contributed by atoms with Gasteiger partial charge in [0, 0.05) is 0 Å². The van der Waals surface area contributed by atoms with Crippen molar-refractivity contribution in [3.05, 3.63) is 12.2 Å². The van der Waals surface area contributed by atoms with Gasteiger partial charge in [-0.2, -0.15) is 0 Å². The second kappa shape index (κ2) is 17.3. The maximum absolute atomic E-state index is 12.2. The van der Waals surface area contributed by atoms with Crippen LogP contribution in [-0.4, -0.2) is 99.1 Å². The Balaban J connectivity index is 0.000000162. The van der Waals surface area contributed by atoms with Crippen molar-refractivity contribution in [3.8, 4) is 0 Å². The van der Waals surface area contributed by atoms with Crippen LogP contribution in [0.3, 0.4) is 0 Å². The summed E-state index contributed by atoms with van der Waals surface area (Å²) in [4.78, 5) is 48.4. The second-order valence-electron chi connectivity index (χ2n) is 16.5. The van der Waals surface area contributed by atoms with Crippen molar-refractivity contribution in [2.75, 3.05) is 26.4 Å². The normalized spacial score (nSPS) is 40.3. The van der Waals surface area contributed by atoms with Crippen molar-refractivity contribution in [2.45, 2.75) is 153 Å². The Labute approximate surface area is 307 Å². The topological polar surface area (TPSA) is 155 Å². The maximum atomic E-state index is 12.2. The fraction of sp³-hybridized carbons (Fsp3) is 0.850. The SMILES string of the molecule is CC1CC2OC2CC1C(=O)OCC=CCOC(=O)C1CC2OC2CC1C.O=C(OCCCCCCOC(=O)C1CCC2OC2C1)C1CCC2OC2C1. The molecule has 4 heterocycles. The molecule has 14 unspecified atom stereocenters.